The van der Waals surface area contributed by atoms with E-state index in [0.29, 0.717) is 0 Å². The molecule has 0 saturated carbocycles. The summed E-state index contributed by atoms with van der Waals surface area (Å²) in [5, 5.41) is 1.98. The van der Waals surface area contributed by atoms with E-state index in [1.165, 1.54) is 19.2 Å². The summed E-state index contributed by atoms with van der Waals surface area (Å²) in [6.45, 7) is 0. The van der Waals surface area contributed by atoms with Gasteiger partial charge in [0.2, 0.25) is 0 Å². The maximum Gasteiger partial charge on any atom is 0.370 e. The van der Waals surface area contributed by atoms with Crippen LogP contribution in [0.3, 0.4) is 0 Å². The highest BCUT2D eigenvalue weighted by molar-refractivity contribution is 7.79. The maximum absolute atomic E-state index is 14.0. The molecule has 5 nitrogen and oxygen atoms in total. The van der Waals surface area contributed by atoms with Crippen molar-refractivity contribution in [2.24, 2.45) is 0 Å². The van der Waals surface area contributed by atoms with Crippen LogP contribution < -0.4 is 9.64 Å². The summed E-state index contributed by atoms with van der Waals surface area (Å²) in [4.78, 5) is 11.8. The van der Waals surface area contributed by atoms with E-state index in [4.69, 9.17) is 63.4 Å². The van der Waals surface area contributed by atoms with Crippen molar-refractivity contribution in [1.82, 2.24) is 10.2 Å². The third-order valence-corrected chi connectivity index (χ3v) is 4.09. The molecule has 2 amide bonds. The zero-order valence-corrected chi connectivity index (χ0v) is 14.7. The van der Waals surface area contributed by atoms with Crippen molar-refractivity contribution in [2.75, 3.05) is 12.0 Å². The fourth-order valence-corrected chi connectivity index (χ4v) is 3.24. The summed E-state index contributed by atoms with van der Waals surface area (Å²) >= 11 is 28.3. The molecule has 11 heteroatoms. The zero-order valence-electron chi connectivity index (χ0n) is 10.8. The molecule has 2 rings (SSSR count). The highest BCUT2D eigenvalue weighted by Crippen LogP contribution is 2.40. The first kappa shape index (κ1) is 17.8. The Morgan fingerprint density at radius 1 is 1.36 bits per heavy atom. The number of carbonyl (C=O) groups excluding carboxylic acids is 1. The SMILES string of the molecule is COc1c(Cl)cc(N2C(=O)N(F)N(C(Cl)Cl)C2C=S)cc1Cl. The lowest BCUT2D eigenvalue weighted by Gasteiger charge is -2.25. The minimum absolute atomic E-state index is 0.151. The Hall–Kier alpha value is -0.570. The molecule has 0 aliphatic carbocycles. The molecule has 1 atom stereocenters. The van der Waals surface area contributed by atoms with E-state index in [9.17, 15) is 9.28 Å². The van der Waals surface area contributed by atoms with Gasteiger partial charge in [-0.3, -0.25) is 4.90 Å². The number of rotatable bonds is 4. The molecule has 1 unspecified atom stereocenters. The third-order valence-electron chi connectivity index (χ3n) is 2.89. The second-order valence-corrected chi connectivity index (χ2v) is 6.20. The normalized spacial score (nSPS) is 19.2. The van der Waals surface area contributed by atoms with Gasteiger partial charge in [-0.1, -0.05) is 68.3 Å². The number of hydrogen-bond acceptors (Lipinski definition) is 4. The van der Waals surface area contributed by atoms with Crippen molar-refractivity contribution >= 4 is 75.7 Å². The summed E-state index contributed by atoms with van der Waals surface area (Å²) < 4.78 is 19.0. The smallest absolute Gasteiger partial charge is 0.370 e. The van der Waals surface area contributed by atoms with Gasteiger partial charge in [-0.2, -0.15) is 0 Å². The van der Waals surface area contributed by atoms with E-state index in [1.807, 2.05) is 0 Å². The van der Waals surface area contributed by atoms with Crippen molar-refractivity contribution < 1.29 is 14.0 Å². The molecule has 1 aromatic carbocycles. The standard InChI is InChI=1S/C11H8Cl4FN3O2S/c1-21-9-6(12)2-5(3-7(9)13)17-8(4-22)18(10(14)15)19(16)11(17)20/h2-4,8,10H,1H3. The van der Waals surface area contributed by atoms with Crippen LogP contribution in [0.2, 0.25) is 10.0 Å². The molecule has 1 aromatic rings. The van der Waals surface area contributed by atoms with E-state index in [0.717, 1.165) is 15.3 Å². The Morgan fingerprint density at radius 3 is 2.32 bits per heavy atom. The molecule has 1 aliphatic rings. The molecule has 1 saturated heterocycles. The fourth-order valence-electron chi connectivity index (χ4n) is 1.98. The van der Waals surface area contributed by atoms with Crippen LogP contribution in [0.5, 0.6) is 5.75 Å². The predicted octanol–water partition coefficient (Wildman–Crippen LogP) is 4.43. The highest BCUT2D eigenvalue weighted by atomic mass is 35.5. The van der Waals surface area contributed by atoms with Crippen molar-refractivity contribution in [1.29, 1.82) is 0 Å². The van der Waals surface area contributed by atoms with Crippen LogP contribution in [0.25, 0.3) is 0 Å². The predicted molar refractivity (Wildman–Crippen MR) is 88.6 cm³/mol. The Bertz CT molecular complexity index is 598. The van der Waals surface area contributed by atoms with Gasteiger partial charge in [-0.15, -0.1) is 5.01 Å². The Morgan fingerprint density at radius 2 is 1.91 bits per heavy atom. The van der Waals surface area contributed by atoms with Gasteiger partial charge in [0.15, 0.2) is 10.7 Å². The van der Waals surface area contributed by atoms with Crippen LogP contribution in [0.1, 0.15) is 0 Å². The first-order valence-electron chi connectivity index (χ1n) is 5.67. The molecule has 0 aromatic heterocycles. The summed E-state index contributed by atoms with van der Waals surface area (Å²) in [5.41, 5.74) is 0.214. The minimum Gasteiger partial charge on any atom is -0.494 e. The number of halogens is 5. The molecule has 0 bridgehead atoms. The van der Waals surface area contributed by atoms with Gasteiger partial charge in [-0.05, 0) is 12.1 Å². The molecule has 120 valence electrons. The number of amides is 2. The first-order valence-corrected chi connectivity index (χ1v) is 7.77. The van der Waals surface area contributed by atoms with Gasteiger partial charge in [0, 0.05) is 5.37 Å². The second-order valence-electron chi connectivity index (χ2n) is 4.06. The summed E-state index contributed by atoms with van der Waals surface area (Å²) in [6.07, 6.45) is -1.02. The average Bonchev–Trinajstić information content (AvgIpc) is 2.70. The second kappa shape index (κ2) is 6.90. The fraction of sp³-hybridized carbons (Fsp3) is 0.273. The van der Waals surface area contributed by atoms with Gasteiger partial charge in [0.05, 0.1) is 22.8 Å². The molecule has 22 heavy (non-hydrogen) atoms. The van der Waals surface area contributed by atoms with Crippen molar-refractivity contribution in [3.63, 3.8) is 0 Å². The van der Waals surface area contributed by atoms with Gasteiger partial charge >= 0.3 is 6.03 Å². The number of methoxy groups -OCH3 is 1. The van der Waals surface area contributed by atoms with E-state index < -0.39 is 17.2 Å². The highest BCUT2D eigenvalue weighted by Gasteiger charge is 2.48. The van der Waals surface area contributed by atoms with Crippen molar-refractivity contribution in [3.8, 4) is 5.75 Å². The van der Waals surface area contributed by atoms with E-state index >= 15 is 0 Å². The number of carbonyl (C=O) groups is 1. The number of hydrogen-bond donors (Lipinski definition) is 0. The molecular formula is C11H8Cl4FN3O2S. The number of anilines is 1. The molecule has 0 N–H and O–H groups in total. The third kappa shape index (κ3) is 2.93. The lowest BCUT2D eigenvalue weighted by atomic mass is 10.2. The van der Waals surface area contributed by atoms with Gasteiger partial charge < -0.3 is 4.74 Å². The summed E-state index contributed by atoms with van der Waals surface area (Å²) in [7, 11) is 1.39. The first-order chi connectivity index (χ1) is 10.3. The Labute approximate surface area is 150 Å². The number of benzene rings is 1. The molecular weight excluding hydrogens is 399 g/mol. The van der Waals surface area contributed by atoms with Crippen molar-refractivity contribution in [2.45, 2.75) is 11.1 Å². The van der Waals surface area contributed by atoms with Gasteiger partial charge in [0.25, 0.3) is 0 Å². The van der Waals surface area contributed by atoms with Crippen LogP contribution in [0.4, 0.5) is 15.0 Å². The Kier molecular flexibility index (Phi) is 5.58. The van der Waals surface area contributed by atoms with Crippen LogP contribution >= 0.6 is 58.6 Å². The number of urea groups is 1. The van der Waals surface area contributed by atoms with E-state index in [1.54, 1.807) is 0 Å². The minimum atomic E-state index is -1.33. The number of hydrazine groups is 1. The van der Waals surface area contributed by atoms with Crippen LogP contribution in [-0.4, -0.2) is 39.9 Å². The van der Waals surface area contributed by atoms with Crippen molar-refractivity contribution in [3.05, 3.63) is 22.2 Å². The number of ether oxygens (including phenoxy) is 1. The molecule has 0 spiro atoms. The van der Waals surface area contributed by atoms with Gasteiger partial charge in [-0.25, -0.2) is 4.79 Å². The average molecular weight is 407 g/mol. The zero-order chi connectivity index (χ0) is 16.6. The lowest BCUT2D eigenvalue weighted by molar-refractivity contribution is -0.0993. The molecule has 0 radical (unpaired) electrons. The quantitative estimate of drug-likeness (QED) is 0.320. The number of alkyl halides is 2. The van der Waals surface area contributed by atoms with E-state index in [-0.39, 0.29) is 26.7 Å². The molecule has 1 aliphatic heterocycles. The Balaban J connectivity index is 2.51. The topological polar surface area (TPSA) is 36.0 Å². The lowest BCUT2D eigenvalue weighted by Crippen LogP contribution is -2.43. The molecule has 1 fully saturated rings. The maximum atomic E-state index is 14.0. The van der Waals surface area contributed by atoms with Crippen LogP contribution in [0.15, 0.2) is 12.1 Å². The monoisotopic (exact) mass is 405 g/mol. The van der Waals surface area contributed by atoms with Crippen LogP contribution in [0, 0.1) is 0 Å². The van der Waals surface area contributed by atoms with Gasteiger partial charge in [0.1, 0.15) is 6.17 Å². The largest absolute Gasteiger partial charge is 0.494 e. The molecule has 1 heterocycles. The summed E-state index contributed by atoms with van der Waals surface area (Å²) in [6, 6.07) is 1.75. The summed E-state index contributed by atoms with van der Waals surface area (Å²) in [5.74, 6) is 0.235. The number of thiocarbonyl (C=S) groups is 1. The van der Waals surface area contributed by atoms with E-state index in [2.05, 4.69) is 0 Å². The van der Waals surface area contributed by atoms with Crippen LogP contribution in [-0.2, 0) is 0 Å². The number of nitrogens with zero attached hydrogens (tertiary/aromatic N) is 3.